The Morgan fingerprint density at radius 2 is 1.95 bits per heavy atom. The van der Waals surface area contributed by atoms with E-state index < -0.39 is 11.8 Å². The van der Waals surface area contributed by atoms with E-state index in [0.717, 1.165) is 0 Å². The Hall–Kier alpha value is -2.56. The molecule has 0 amide bonds. The van der Waals surface area contributed by atoms with Crippen LogP contribution in [0, 0.1) is 5.82 Å². The van der Waals surface area contributed by atoms with Gasteiger partial charge in [-0.2, -0.15) is 0 Å². The third-order valence-electron chi connectivity index (χ3n) is 2.74. The first-order valence-electron chi connectivity index (χ1n) is 5.89. The molecule has 0 spiro atoms. The van der Waals surface area contributed by atoms with Gasteiger partial charge in [0.25, 0.3) is 0 Å². The van der Waals surface area contributed by atoms with Gasteiger partial charge in [0.2, 0.25) is 0 Å². The lowest BCUT2D eigenvalue weighted by Crippen LogP contribution is -2.04. The van der Waals surface area contributed by atoms with E-state index in [1.165, 1.54) is 31.4 Å². The van der Waals surface area contributed by atoms with Crippen LogP contribution in [0.5, 0.6) is 11.5 Å². The summed E-state index contributed by atoms with van der Waals surface area (Å²) in [6.45, 7) is 0.0191. The maximum Gasteiger partial charge on any atom is 0.339 e. The molecule has 0 saturated heterocycles. The van der Waals surface area contributed by atoms with E-state index in [-0.39, 0.29) is 17.9 Å². The molecule has 4 nitrogen and oxygen atoms in total. The second-order valence-corrected chi connectivity index (χ2v) is 4.05. The van der Waals surface area contributed by atoms with Gasteiger partial charge in [-0.25, -0.2) is 9.18 Å². The Balaban J connectivity index is 2.21. The van der Waals surface area contributed by atoms with E-state index in [4.69, 9.17) is 14.6 Å². The van der Waals surface area contributed by atoms with Crippen molar-refractivity contribution in [3.8, 4) is 11.5 Å². The molecule has 5 heteroatoms. The second-order valence-electron chi connectivity index (χ2n) is 4.05. The van der Waals surface area contributed by atoms with Crippen LogP contribution in [-0.4, -0.2) is 18.2 Å². The summed E-state index contributed by atoms with van der Waals surface area (Å²) in [6, 6.07) is 10.4. The van der Waals surface area contributed by atoms with Crippen molar-refractivity contribution in [3.05, 3.63) is 59.4 Å². The van der Waals surface area contributed by atoms with Crippen molar-refractivity contribution < 1.29 is 23.8 Å². The third-order valence-corrected chi connectivity index (χ3v) is 2.74. The van der Waals surface area contributed by atoms with Crippen molar-refractivity contribution in [2.24, 2.45) is 0 Å². The number of rotatable bonds is 5. The van der Waals surface area contributed by atoms with Gasteiger partial charge in [0, 0.05) is 5.56 Å². The molecule has 1 N–H and O–H groups in total. The SMILES string of the molecule is COc1ccc(F)cc1COc1ccccc1C(=O)O. The summed E-state index contributed by atoms with van der Waals surface area (Å²) in [5.74, 6) is -0.770. The van der Waals surface area contributed by atoms with Gasteiger partial charge in [0.05, 0.1) is 7.11 Å². The average Bonchev–Trinajstić information content (AvgIpc) is 2.45. The van der Waals surface area contributed by atoms with Crippen molar-refractivity contribution in [1.29, 1.82) is 0 Å². The predicted octanol–water partition coefficient (Wildman–Crippen LogP) is 3.11. The molecule has 0 heterocycles. The fourth-order valence-corrected chi connectivity index (χ4v) is 1.78. The third kappa shape index (κ3) is 3.06. The molecule has 2 aromatic rings. The topological polar surface area (TPSA) is 55.8 Å². The van der Waals surface area contributed by atoms with Gasteiger partial charge >= 0.3 is 5.97 Å². The van der Waals surface area contributed by atoms with Crippen LogP contribution < -0.4 is 9.47 Å². The predicted molar refractivity (Wildman–Crippen MR) is 70.7 cm³/mol. The number of methoxy groups -OCH3 is 1. The Morgan fingerprint density at radius 1 is 1.20 bits per heavy atom. The number of hydrogen-bond acceptors (Lipinski definition) is 3. The number of para-hydroxylation sites is 1. The van der Waals surface area contributed by atoms with E-state index in [2.05, 4.69) is 0 Å². The normalized spacial score (nSPS) is 10.1. The molecule has 0 fully saturated rings. The maximum atomic E-state index is 13.2. The van der Waals surface area contributed by atoms with Gasteiger partial charge in [0.1, 0.15) is 29.5 Å². The molecule has 2 aromatic carbocycles. The van der Waals surface area contributed by atoms with Crippen molar-refractivity contribution in [2.45, 2.75) is 6.61 Å². The molecule has 0 atom stereocenters. The number of ether oxygens (including phenoxy) is 2. The monoisotopic (exact) mass is 276 g/mol. The molecule has 0 unspecified atom stereocenters. The first kappa shape index (κ1) is 13.9. The number of carbonyl (C=O) groups is 1. The van der Waals surface area contributed by atoms with Crippen LogP contribution in [0.2, 0.25) is 0 Å². The number of aromatic carboxylic acids is 1. The fraction of sp³-hybridized carbons (Fsp3) is 0.133. The highest BCUT2D eigenvalue weighted by molar-refractivity contribution is 5.90. The number of halogens is 1. The van der Waals surface area contributed by atoms with Gasteiger partial charge < -0.3 is 14.6 Å². The summed E-state index contributed by atoms with van der Waals surface area (Å²) in [4.78, 5) is 11.0. The molecule has 2 rings (SSSR count). The van der Waals surface area contributed by atoms with Crippen molar-refractivity contribution >= 4 is 5.97 Å². The van der Waals surface area contributed by atoms with E-state index in [1.807, 2.05) is 0 Å². The second kappa shape index (κ2) is 6.06. The van der Waals surface area contributed by atoms with Crippen LogP contribution in [0.3, 0.4) is 0 Å². The minimum Gasteiger partial charge on any atom is -0.496 e. The minimum atomic E-state index is -1.08. The molecule has 20 heavy (non-hydrogen) atoms. The lowest BCUT2D eigenvalue weighted by Gasteiger charge is -2.11. The highest BCUT2D eigenvalue weighted by Gasteiger charge is 2.11. The maximum absolute atomic E-state index is 13.2. The summed E-state index contributed by atoms with van der Waals surface area (Å²) in [6.07, 6.45) is 0. The number of carboxylic acid groups (broad SMARTS) is 1. The molecular formula is C15H13FO4. The smallest absolute Gasteiger partial charge is 0.339 e. The highest BCUT2D eigenvalue weighted by atomic mass is 19.1. The van der Waals surface area contributed by atoms with Crippen molar-refractivity contribution in [2.75, 3.05) is 7.11 Å². The van der Waals surface area contributed by atoms with Gasteiger partial charge in [-0.15, -0.1) is 0 Å². The highest BCUT2D eigenvalue weighted by Crippen LogP contribution is 2.23. The molecule has 0 aliphatic rings. The summed E-state index contributed by atoms with van der Waals surface area (Å²) >= 11 is 0. The van der Waals surface area contributed by atoms with Crippen LogP contribution in [0.1, 0.15) is 15.9 Å². The van der Waals surface area contributed by atoms with E-state index >= 15 is 0 Å². The van der Waals surface area contributed by atoms with E-state index in [1.54, 1.807) is 18.2 Å². The lowest BCUT2D eigenvalue weighted by molar-refractivity contribution is 0.0691. The molecule has 0 bridgehead atoms. The fourth-order valence-electron chi connectivity index (χ4n) is 1.78. The minimum absolute atomic E-state index is 0.0191. The van der Waals surface area contributed by atoms with Crippen LogP contribution >= 0.6 is 0 Å². The van der Waals surface area contributed by atoms with Gasteiger partial charge in [-0.1, -0.05) is 12.1 Å². The molecule has 0 aliphatic carbocycles. The summed E-state index contributed by atoms with van der Waals surface area (Å²) in [5, 5.41) is 9.04. The molecular weight excluding hydrogens is 263 g/mol. The van der Waals surface area contributed by atoms with Crippen molar-refractivity contribution in [1.82, 2.24) is 0 Å². The summed E-state index contributed by atoms with van der Waals surface area (Å²) in [5.41, 5.74) is 0.565. The van der Waals surface area contributed by atoms with Crippen molar-refractivity contribution in [3.63, 3.8) is 0 Å². The molecule has 0 radical (unpaired) electrons. The first-order valence-corrected chi connectivity index (χ1v) is 5.89. The number of benzene rings is 2. The van der Waals surface area contributed by atoms with E-state index in [0.29, 0.717) is 11.3 Å². The van der Waals surface area contributed by atoms with Crippen LogP contribution in [-0.2, 0) is 6.61 Å². The lowest BCUT2D eigenvalue weighted by atomic mass is 10.2. The van der Waals surface area contributed by atoms with Crippen LogP contribution in [0.4, 0.5) is 4.39 Å². The molecule has 0 aromatic heterocycles. The zero-order valence-corrected chi connectivity index (χ0v) is 10.8. The van der Waals surface area contributed by atoms with Crippen LogP contribution in [0.25, 0.3) is 0 Å². The Labute approximate surface area is 115 Å². The molecule has 104 valence electrons. The standard InChI is InChI=1S/C15H13FO4/c1-19-13-7-6-11(16)8-10(13)9-20-14-5-3-2-4-12(14)15(17)18/h2-8H,9H2,1H3,(H,17,18). The Bertz CT molecular complexity index is 625. The van der Waals surface area contributed by atoms with Gasteiger partial charge in [0.15, 0.2) is 0 Å². The quantitative estimate of drug-likeness (QED) is 0.911. The number of carboxylic acids is 1. The average molecular weight is 276 g/mol. The largest absolute Gasteiger partial charge is 0.496 e. The molecule has 0 saturated carbocycles. The first-order chi connectivity index (χ1) is 9.61. The number of hydrogen-bond donors (Lipinski definition) is 1. The van der Waals surface area contributed by atoms with Gasteiger partial charge in [-0.3, -0.25) is 0 Å². The molecule has 0 aliphatic heterocycles. The zero-order chi connectivity index (χ0) is 14.5. The zero-order valence-electron chi connectivity index (χ0n) is 10.8. The Morgan fingerprint density at radius 3 is 2.65 bits per heavy atom. The summed E-state index contributed by atoms with van der Waals surface area (Å²) < 4.78 is 23.8. The van der Waals surface area contributed by atoms with Gasteiger partial charge in [-0.05, 0) is 30.3 Å². The summed E-state index contributed by atoms with van der Waals surface area (Å²) in [7, 11) is 1.47. The Kier molecular flexibility index (Phi) is 4.20. The van der Waals surface area contributed by atoms with Crippen LogP contribution in [0.15, 0.2) is 42.5 Å². The van der Waals surface area contributed by atoms with E-state index in [9.17, 15) is 9.18 Å².